The first-order valence-corrected chi connectivity index (χ1v) is 10.3. The Morgan fingerprint density at radius 3 is 2.26 bits per heavy atom. The summed E-state index contributed by atoms with van der Waals surface area (Å²) in [6, 6.07) is 3.40. The third-order valence-electron chi connectivity index (χ3n) is 5.03. The van der Waals surface area contributed by atoms with E-state index < -0.39 is 20.8 Å². The van der Waals surface area contributed by atoms with Crippen LogP contribution in [0.2, 0.25) is 0 Å². The molecular formula is C16H20N4O6S. The lowest BCUT2D eigenvalue weighted by atomic mass is 10.1. The van der Waals surface area contributed by atoms with E-state index in [9.17, 15) is 28.1 Å². The first-order chi connectivity index (χ1) is 12.6. The molecule has 2 amide bonds. The molecule has 2 heterocycles. The Kier molecular flexibility index (Phi) is 4.91. The lowest BCUT2D eigenvalue weighted by molar-refractivity contribution is -0.384. The van der Waals surface area contributed by atoms with Crippen LogP contribution in [0.3, 0.4) is 0 Å². The third-order valence-corrected chi connectivity index (χ3v) is 6.14. The summed E-state index contributed by atoms with van der Waals surface area (Å²) < 4.78 is 23.3. The van der Waals surface area contributed by atoms with Crippen LogP contribution in [-0.4, -0.2) is 80.5 Å². The van der Waals surface area contributed by atoms with Crippen molar-refractivity contribution in [1.29, 1.82) is 0 Å². The summed E-state index contributed by atoms with van der Waals surface area (Å²) in [5.41, 5.74) is 0.0798. The predicted molar refractivity (Wildman–Crippen MR) is 96.2 cm³/mol. The van der Waals surface area contributed by atoms with Gasteiger partial charge < -0.3 is 4.90 Å². The molecule has 0 aliphatic carbocycles. The van der Waals surface area contributed by atoms with Gasteiger partial charge in [-0.2, -0.15) is 0 Å². The van der Waals surface area contributed by atoms with Gasteiger partial charge in [0, 0.05) is 45.5 Å². The van der Waals surface area contributed by atoms with Crippen LogP contribution in [0, 0.1) is 10.1 Å². The Morgan fingerprint density at radius 2 is 1.78 bits per heavy atom. The Balaban J connectivity index is 1.77. The van der Waals surface area contributed by atoms with E-state index in [1.54, 1.807) is 4.90 Å². The number of imide groups is 1. The minimum Gasteiger partial charge on any atom is -0.363 e. The molecule has 11 heteroatoms. The van der Waals surface area contributed by atoms with Crippen LogP contribution in [0.1, 0.15) is 6.42 Å². The van der Waals surface area contributed by atoms with Crippen molar-refractivity contribution < 1.29 is 22.9 Å². The number of likely N-dealkylation sites (tertiary alicyclic amines) is 1. The Bertz CT molecular complexity index is 907. The van der Waals surface area contributed by atoms with E-state index in [2.05, 4.69) is 0 Å². The van der Waals surface area contributed by atoms with Crippen molar-refractivity contribution in [3.05, 3.63) is 28.3 Å². The summed E-state index contributed by atoms with van der Waals surface area (Å²) in [5.74, 6) is -0.434. The third kappa shape index (κ3) is 3.65. The highest BCUT2D eigenvalue weighted by molar-refractivity contribution is 7.90. The largest absolute Gasteiger partial charge is 0.363 e. The van der Waals surface area contributed by atoms with Gasteiger partial charge in [-0.3, -0.25) is 29.5 Å². The van der Waals surface area contributed by atoms with Gasteiger partial charge in [0.15, 0.2) is 9.84 Å². The van der Waals surface area contributed by atoms with Crippen LogP contribution >= 0.6 is 0 Å². The molecule has 1 aromatic rings. The van der Waals surface area contributed by atoms with Gasteiger partial charge in [0.1, 0.15) is 5.69 Å². The van der Waals surface area contributed by atoms with Crippen LogP contribution in [0.15, 0.2) is 23.1 Å². The smallest absolute Gasteiger partial charge is 0.293 e. The average molecular weight is 396 g/mol. The molecule has 27 heavy (non-hydrogen) atoms. The van der Waals surface area contributed by atoms with Gasteiger partial charge >= 0.3 is 0 Å². The topological polar surface area (TPSA) is 121 Å². The molecule has 0 radical (unpaired) electrons. The normalized spacial score (nSPS) is 21.8. The van der Waals surface area contributed by atoms with Gasteiger partial charge in [-0.1, -0.05) is 0 Å². The van der Waals surface area contributed by atoms with E-state index in [4.69, 9.17) is 0 Å². The summed E-state index contributed by atoms with van der Waals surface area (Å²) in [5, 5.41) is 11.4. The van der Waals surface area contributed by atoms with Crippen LogP contribution in [0.25, 0.3) is 0 Å². The number of sulfone groups is 1. The fraction of sp³-hybridized carbons (Fsp3) is 0.500. The maximum atomic E-state index is 12.1. The summed E-state index contributed by atoms with van der Waals surface area (Å²) in [4.78, 5) is 39.4. The first kappa shape index (κ1) is 19.2. The quantitative estimate of drug-likeness (QED) is 0.392. The molecular weight excluding hydrogens is 376 g/mol. The van der Waals surface area contributed by atoms with Gasteiger partial charge in [0.05, 0.1) is 22.3 Å². The highest BCUT2D eigenvalue weighted by atomic mass is 32.2. The Hall–Kier alpha value is -2.53. The number of rotatable bonds is 4. The number of nitro benzene ring substituents is 1. The van der Waals surface area contributed by atoms with Crippen LogP contribution in [-0.2, 0) is 19.4 Å². The number of hydrogen-bond acceptors (Lipinski definition) is 8. The van der Waals surface area contributed by atoms with E-state index in [-0.39, 0.29) is 28.8 Å². The summed E-state index contributed by atoms with van der Waals surface area (Å²) >= 11 is 0. The van der Waals surface area contributed by atoms with E-state index >= 15 is 0 Å². The molecule has 2 aliphatic rings. The predicted octanol–water partition coefficient (Wildman–Crippen LogP) is -0.122. The van der Waals surface area contributed by atoms with Crippen molar-refractivity contribution >= 4 is 33.0 Å². The second-order valence-corrected chi connectivity index (χ2v) is 8.73. The lowest BCUT2D eigenvalue weighted by Gasteiger charge is -2.37. The highest BCUT2D eigenvalue weighted by Crippen LogP contribution is 2.32. The summed E-state index contributed by atoms with van der Waals surface area (Å²) in [6.45, 7) is 1.81. The number of amides is 2. The zero-order valence-electron chi connectivity index (χ0n) is 15.0. The molecule has 1 aromatic carbocycles. The second kappa shape index (κ2) is 6.89. The molecule has 0 saturated carbocycles. The number of piperazine rings is 1. The molecule has 146 valence electrons. The second-order valence-electron chi connectivity index (χ2n) is 6.71. The molecule has 0 bridgehead atoms. The number of likely N-dealkylation sites (N-methyl/N-ethyl adjacent to an activating group) is 1. The monoisotopic (exact) mass is 396 g/mol. The van der Waals surface area contributed by atoms with Crippen molar-refractivity contribution in [2.45, 2.75) is 17.4 Å². The van der Waals surface area contributed by atoms with Crippen molar-refractivity contribution in [3.8, 4) is 0 Å². The maximum absolute atomic E-state index is 12.1. The summed E-state index contributed by atoms with van der Waals surface area (Å²) in [7, 11) is -2.08. The van der Waals surface area contributed by atoms with Gasteiger partial charge in [-0.05, 0) is 12.1 Å². The van der Waals surface area contributed by atoms with Gasteiger partial charge in [-0.25, -0.2) is 8.42 Å². The number of carbonyl (C=O) groups excluding carboxylic acids is 2. The van der Waals surface area contributed by atoms with E-state index in [0.717, 1.165) is 17.2 Å². The number of carbonyl (C=O) groups is 2. The van der Waals surface area contributed by atoms with E-state index in [0.29, 0.717) is 31.9 Å². The van der Waals surface area contributed by atoms with Crippen LogP contribution in [0.4, 0.5) is 11.4 Å². The fourth-order valence-electron chi connectivity index (χ4n) is 3.44. The standard InChI is InChI=1S/C16H20N4O6S/c1-17-15(21)10-14(16(17)22)19-7-5-18(6-8-19)12-4-3-11(27(2,25)26)9-13(12)20(23)24/h3-4,9,14H,5-8,10H2,1-2H3. The molecule has 2 saturated heterocycles. The van der Waals surface area contributed by atoms with E-state index in [1.165, 1.54) is 19.2 Å². The van der Waals surface area contributed by atoms with Gasteiger partial charge in [0.25, 0.3) is 5.69 Å². The van der Waals surface area contributed by atoms with Gasteiger partial charge in [-0.15, -0.1) is 0 Å². The van der Waals surface area contributed by atoms with Gasteiger partial charge in [0.2, 0.25) is 11.8 Å². The number of nitrogens with zero attached hydrogens (tertiary/aromatic N) is 4. The number of anilines is 1. The van der Waals surface area contributed by atoms with Crippen molar-refractivity contribution in [2.24, 2.45) is 0 Å². The molecule has 10 nitrogen and oxygen atoms in total. The summed E-state index contributed by atoms with van der Waals surface area (Å²) in [6.07, 6.45) is 1.15. The van der Waals surface area contributed by atoms with Crippen molar-refractivity contribution in [3.63, 3.8) is 0 Å². The van der Waals surface area contributed by atoms with Crippen LogP contribution in [0.5, 0.6) is 0 Å². The molecule has 0 aromatic heterocycles. The zero-order valence-corrected chi connectivity index (χ0v) is 15.8. The minimum atomic E-state index is -3.55. The average Bonchev–Trinajstić information content (AvgIpc) is 2.88. The minimum absolute atomic E-state index is 0.102. The molecule has 0 N–H and O–H groups in total. The first-order valence-electron chi connectivity index (χ1n) is 8.37. The molecule has 2 fully saturated rings. The number of benzene rings is 1. The highest BCUT2D eigenvalue weighted by Gasteiger charge is 2.41. The van der Waals surface area contributed by atoms with Crippen molar-refractivity contribution in [2.75, 3.05) is 44.4 Å². The molecule has 2 aliphatic heterocycles. The molecule has 1 unspecified atom stereocenters. The Morgan fingerprint density at radius 1 is 1.15 bits per heavy atom. The Labute approximate surface area is 156 Å². The molecule has 1 atom stereocenters. The van der Waals surface area contributed by atoms with E-state index in [1.807, 2.05) is 4.90 Å². The lowest BCUT2D eigenvalue weighted by Crippen LogP contribution is -2.52. The number of nitro groups is 1. The SMILES string of the molecule is CN1C(=O)CC(N2CCN(c3ccc(S(C)(=O)=O)cc3[N+](=O)[O-])CC2)C1=O. The fourth-order valence-corrected chi connectivity index (χ4v) is 4.08. The van der Waals surface area contributed by atoms with Crippen molar-refractivity contribution in [1.82, 2.24) is 9.80 Å². The number of hydrogen-bond donors (Lipinski definition) is 0. The molecule has 0 spiro atoms. The maximum Gasteiger partial charge on any atom is 0.293 e. The zero-order chi connectivity index (χ0) is 19.9. The molecule has 3 rings (SSSR count). The van der Waals surface area contributed by atoms with Crippen LogP contribution < -0.4 is 4.90 Å².